The van der Waals surface area contributed by atoms with Crippen molar-refractivity contribution in [1.82, 2.24) is 20.9 Å². The monoisotopic (exact) mass is 583 g/mol. The van der Waals surface area contributed by atoms with Gasteiger partial charge in [-0.3, -0.25) is 19.2 Å². The number of carboxylic acids is 2. The highest BCUT2D eigenvalue weighted by Gasteiger charge is 2.31. The summed E-state index contributed by atoms with van der Waals surface area (Å²) in [7, 11) is 0. The highest BCUT2D eigenvalue weighted by atomic mass is 32.1. The maximum absolute atomic E-state index is 13.4. The fourth-order valence-electron chi connectivity index (χ4n) is 4.24. The number of nitrogens with two attached hydrogens (primary N) is 1. The molecular weight excluding hydrogens is 550 g/mol. The number of carboxylic acid groups (broad SMARTS) is 2. The number of benzene rings is 2. The predicted octanol–water partition coefficient (Wildman–Crippen LogP) is 0.614. The quantitative estimate of drug-likeness (QED) is 0.119. The van der Waals surface area contributed by atoms with Crippen LogP contribution in [-0.2, 0) is 36.8 Å². The molecule has 0 radical (unpaired) electrons. The van der Waals surface area contributed by atoms with Crippen LogP contribution < -0.4 is 21.7 Å². The molecule has 41 heavy (non-hydrogen) atoms. The third-order valence-electron chi connectivity index (χ3n) is 6.44. The number of para-hydroxylation sites is 1. The Morgan fingerprint density at radius 1 is 0.805 bits per heavy atom. The maximum Gasteiger partial charge on any atom is 0.327 e. The van der Waals surface area contributed by atoms with Crippen LogP contribution in [0.2, 0.25) is 0 Å². The molecule has 1 aromatic heterocycles. The first kappa shape index (κ1) is 31.2. The van der Waals surface area contributed by atoms with Crippen LogP contribution in [0, 0.1) is 0 Å². The average Bonchev–Trinajstić information content (AvgIpc) is 3.36. The first-order chi connectivity index (χ1) is 19.6. The Labute approximate surface area is 241 Å². The largest absolute Gasteiger partial charge is 0.481 e. The molecular formula is C28H33N5O7S. The van der Waals surface area contributed by atoms with E-state index in [4.69, 9.17) is 5.73 Å². The number of nitrogens with one attached hydrogen (secondary N) is 4. The second-order valence-corrected chi connectivity index (χ2v) is 9.86. The average molecular weight is 584 g/mol. The van der Waals surface area contributed by atoms with Crippen molar-refractivity contribution in [3.63, 3.8) is 0 Å². The molecule has 3 amide bonds. The van der Waals surface area contributed by atoms with Gasteiger partial charge in [0.2, 0.25) is 17.7 Å². The Balaban J connectivity index is 1.81. The molecule has 8 N–H and O–H groups in total. The first-order valence-electron chi connectivity index (χ1n) is 12.9. The smallest absolute Gasteiger partial charge is 0.327 e. The summed E-state index contributed by atoms with van der Waals surface area (Å²) in [6.07, 6.45) is 1.14. The van der Waals surface area contributed by atoms with Gasteiger partial charge in [-0.25, -0.2) is 4.79 Å². The number of carbonyl (C=O) groups is 5. The van der Waals surface area contributed by atoms with Gasteiger partial charge in [-0.1, -0.05) is 48.5 Å². The molecule has 2 aromatic carbocycles. The number of aliphatic carboxylic acids is 2. The van der Waals surface area contributed by atoms with Crippen LogP contribution in [0.4, 0.5) is 0 Å². The maximum atomic E-state index is 13.4. The van der Waals surface area contributed by atoms with Crippen molar-refractivity contribution >= 4 is 53.2 Å². The van der Waals surface area contributed by atoms with E-state index >= 15 is 0 Å². The summed E-state index contributed by atoms with van der Waals surface area (Å²) in [6.45, 7) is 0. The van der Waals surface area contributed by atoms with Crippen LogP contribution in [0.25, 0.3) is 10.9 Å². The Hall–Kier alpha value is -4.36. The Morgan fingerprint density at radius 2 is 1.41 bits per heavy atom. The fourth-order valence-corrected chi connectivity index (χ4v) is 4.48. The number of H-pyrrole nitrogens is 1. The van der Waals surface area contributed by atoms with Crippen LogP contribution in [-0.4, -0.2) is 74.8 Å². The van der Waals surface area contributed by atoms with Crippen molar-refractivity contribution in [3.05, 3.63) is 71.9 Å². The standard InChI is InChI=1S/C28H33N5O7S/c29-19(12-16-6-2-1-3-7-16)25(36)31-21(10-11-24(34)35)26(37)32-22(27(38)33-23(15-41)28(39)40)13-17-14-30-20-9-5-4-8-18(17)20/h1-9,14,19,21-23,30,41H,10-13,15,29H2,(H,31,36)(H,32,37)(H,33,38)(H,34,35)(H,39,40). The van der Waals surface area contributed by atoms with Crippen molar-refractivity contribution < 1.29 is 34.2 Å². The van der Waals surface area contributed by atoms with Crippen molar-refractivity contribution in [1.29, 1.82) is 0 Å². The third kappa shape index (κ3) is 9.08. The number of amides is 3. The summed E-state index contributed by atoms with van der Waals surface area (Å²) < 4.78 is 0. The summed E-state index contributed by atoms with van der Waals surface area (Å²) >= 11 is 3.97. The molecule has 0 aliphatic heterocycles. The number of hydrogen-bond donors (Lipinski definition) is 8. The van der Waals surface area contributed by atoms with Gasteiger partial charge in [-0.05, 0) is 30.0 Å². The second kappa shape index (κ2) is 14.9. The summed E-state index contributed by atoms with van der Waals surface area (Å²) in [4.78, 5) is 65.3. The van der Waals surface area contributed by atoms with Crippen LogP contribution in [0.1, 0.15) is 24.0 Å². The van der Waals surface area contributed by atoms with E-state index in [9.17, 15) is 34.2 Å². The highest BCUT2D eigenvalue weighted by Crippen LogP contribution is 2.19. The molecule has 13 heteroatoms. The lowest BCUT2D eigenvalue weighted by Crippen LogP contribution is -2.58. The minimum absolute atomic E-state index is 0.0202. The van der Waals surface area contributed by atoms with E-state index in [2.05, 4.69) is 33.6 Å². The third-order valence-corrected chi connectivity index (χ3v) is 6.81. The molecule has 1 heterocycles. The number of aromatic amines is 1. The molecule has 0 aliphatic carbocycles. The fraction of sp³-hybridized carbons (Fsp3) is 0.321. The molecule has 0 spiro atoms. The first-order valence-corrected chi connectivity index (χ1v) is 13.5. The van der Waals surface area contributed by atoms with E-state index < -0.39 is 60.2 Å². The SMILES string of the molecule is NC(Cc1ccccc1)C(=O)NC(CCC(=O)O)C(=O)NC(Cc1c[nH]c2ccccc12)C(=O)NC(CS)C(=O)O. The zero-order valence-corrected chi connectivity index (χ0v) is 23.0. The van der Waals surface area contributed by atoms with Gasteiger partial charge < -0.3 is 36.9 Å². The van der Waals surface area contributed by atoms with Gasteiger partial charge in [-0.2, -0.15) is 12.6 Å². The Bertz CT molecular complexity index is 1380. The lowest BCUT2D eigenvalue weighted by molar-refractivity contribution is -0.141. The van der Waals surface area contributed by atoms with Crippen molar-refractivity contribution in [3.8, 4) is 0 Å². The van der Waals surface area contributed by atoms with E-state index in [1.165, 1.54) is 0 Å². The zero-order valence-electron chi connectivity index (χ0n) is 22.1. The number of rotatable bonds is 15. The number of carbonyl (C=O) groups excluding carboxylic acids is 3. The molecule has 4 unspecified atom stereocenters. The molecule has 3 aromatic rings. The number of hydrogen-bond acceptors (Lipinski definition) is 7. The van der Waals surface area contributed by atoms with Gasteiger partial charge in [0.1, 0.15) is 18.1 Å². The van der Waals surface area contributed by atoms with E-state index in [1.807, 2.05) is 30.3 Å². The second-order valence-electron chi connectivity index (χ2n) is 9.50. The van der Waals surface area contributed by atoms with Crippen LogP contribution in [0.3, 0.4) is 0 Å². The molecule has 3 rings (SSSR count). The molecule has 0 bridgehead atoms. The molecule has 12 nitrogen and oxygen atoms in total. The van der Waals surface area contributed by atoms with Gasteiger partial charge in [0, 0.05) is 35.7 Å². The minimum Gasteiger partial charge on any atom is -0.481 e. The molecule has 218 valence electrons. The number of fused-ring (bicyclic) bond motifs is 1. The van der Waals surface area contributed by atoms with E-state index in [0.29, 0.717) is 5.56 Å². The topological polar surface area (TPSA) is 204 Å². The molecule has 0 saturated heterocycles. The Morgan fingerprint density at radius 3 is 2.07 bits per heavy atom. The molecule has 0 saturated carbocycles. The lowest BCUT2D eigenvalue weighted by Gasteiger charge is -2.25. The predicted molar refractivity (Wildman–Crippen MR) is 154 cm³/mol. The summed E-state index contributed by atoms with van der Waals surface area (Å²) in [6, 6.07) is 11.4. The summed E-state index contributed by atoms with van der Waals surface area (Å²) in [5.74, 6) is -4.94. The van der Waals surface area contributed by atoms with Crippen molar-refractivity contribution in [2.24, 2.45) is 5.73 Å². The minimum atomic E-state index is -1.32. The molecule has 4 atom stereocenters. The molecule has 0 aliphatic rings. The number of aromatic nitrogens is 1. The normalized spacial score (nSPS) is 13.9. The van der Waals surface area contributed by atoms with Gasteiger partial charge in [0.05, 0.1) is 6.04 Å². The van der Waals surface area contributed by atoms with Gasteiger partial charge in [0.15, 0.2) is 0 Å². The van der Waals surface area contributed by atoms with Crippen LogP contribution >= 0.6 is 12.6 Å². The summed E-state index contributed by atoms with van der Waals surface area (Å²) in [5, 5.41) is 26.8. The summed E-state index contributed by atoms with van der Waals surface area (Å²) in [5.41, 5.74) is 8.33. The van der Waals surface area contributed by atoms with Gasteiger partial charge in [-0.15, -0.1) is 0 Å². The van der Waals surface area contributed by atoms with Crippen LogP contribution in [0.5, 0.6) is 0 Å². The van der Waals surface area contributed by atoms with E-state index in [-0.39, 0.29) is 25.0 Å². The van der Waals surface area contributed by atoms with Crippen LogP contribution in [0.15, 0.2) is 60.8 Å². The van der Waals surface area contributed by atoms with E-state index in [1.54, 1.807) is 30.5 Å². The highest BCUT2D eigenvalue weighted by molar-refractivity contribution is 7.80. The van der Waals surface area contributed by atoms with E-state index in [0.717, 1.165) is 16.5 Å². The number of thiol groups is 1. The Kier molecular flexibility index (Phi) is 11.3. The zero-order chi connectivity index (χ0) is 29.9. The lowest BCUT2D eigenvalue weighted by atomic mass is 10.0. The van der Waals surface area contributed by atoms with Crippen molar-refractivity contribution in [2.45, 2.75) is 49.9 Å². The van der Waals surface area contributed by atoms with Gasteiger partial charge in [0.25, 0.3) is 0 Å². The molecule has 0 fully saturated rings. The van der Waals surface area contributed by atoms with Gasteiger partial charge >= 0.3 is 11.9 Å². The van der Waals surface area contributed by atoms with Crippen molar-refractivity contribution in [2.75, 3.05) is 5.75 Å².